The molecule has 0 radical (unpaired) electrons. The largest absolute Gasteiger partial charge is 0.321 e. The van der Waals surface area contributed by atoms with Gasteiger partial charge in [0.2, 0.25) is 0 Å². The van der Waals surface area contributed by atoms with Gasteiger partial charge in [-0.05, 0) is 36.4 Å². The minimum atomic E-state index is -0.194. The number of benzene rings is 2. The number of nitrogens with zero attached hydrogens (tertiary/aromatic N) is 2. The van der Waals surface area contributed by atoms with E-state index in [1.807, 2.05) is 35.0 Å². The SMILES string of the molecule is O=C(Nc1ccccc1Cl)c1ccc(-n2ccnc2)cc1. The number of nitrogens with one attached hydrogen (secondary N) is 1. The molecule has 0 aliphatic rings. The van der Waals surface area contributed by atoms with Crippen LogP contribution < -0.4 is 5.32 Å². The highest BCUT2D eigenvalue weighted by Crippen LogP contribution is 2.21. The fraction of sp³-hybridized carbons (Fsp3) is 0. The van der Waals surface area contributed by atoms with E-state index in [1.54, 1.807) is 36.8 Å². The summed E-state index contributed by atoms with van der Waals surface area (Å²) < 4.78 is 1.87. The number of rotatable bonds is 3. The maximum Gasteiger partial charge on any atom is 0.255 e. The third-order valence-electron chi connectivity index (χ3n) is 3.05. The van der Waals surface area contributed by atoms with E-state index in [-0.39, 0.29) is 5.91 Å². The number of halogens is 1. The Morgan fingerprint density at radius 2 is 1.86 bits per heavy atom. The molecule has 0 saturated carbocycles. The van der Waals surface area contributed by atoms with Crippen molar-refractivity contribution in [1.29, 1.82) is 0 Å². The lowest BCUT2D eigenvalue weighted by atomic mass is 10.2. The van der Waals surface area contributed by atoms with Crippen LogP contribution >= 0.6 is 11.6 Å². The molecule has 1 N–H and O–H groups in total. The number of amides is 1. The molecule has 1 amide bonds. The molecule has 0 bridgehead atoms. The van der Waals surface area contributed by atoms with Crippen LogP contribution in [-0.2, 0) is 0 Å². The lowest BCUT2D eigenvalue weighted by molar-refractivity contribution is 0.102. The summed E-state index contributed by atoms with van der Waals surface area (Å²) in [5.74, 6) is -0.194. The summed E-state index contributed by atoms with van der Waals surface area (Å²) in [6, 6.07) is 14.4. The van der Waals surface area contributed by atoms with E-state index < -0.39 is 0 Å². The summed E-state index contributed by atoms with van der Waals surface area (Å²) in [5.41, 5.74) is 2.11. The van der Waals surface area contributed by atoms with Gasteiger partial charge < -0.3 is 9.88 Å². The fourth-order valence-corrected chi connectivity index (χ4v) is 2.14. The highest BCUT2D eigenvalue weighted by Gasteiger charge is 2.08. The maximum absolute atomic E-state index is 12.2. The predicted octanol–water partition coefficient (Wildman–Crippen LogP) is 3.78. The Bertz CT molecular complexity index is 751. The van der Waals surface area contributed by atoms with Crippen molar-refractivity contribution in [2.75, 3.05) is 5.32 Å². The molecule has 0 aliphatic carbocycles. The third kappa shape index (κ3) is 2.95. The quantitative estimate of drug-likeness (QED) is 0.800. The summed E-state index contributed by atoms with van der Waals surface area (Å²) in [4.78, 5) is 16.2. The molecule has 1 heterocycles. The second-order valence-corrected chi connectivity index (χ2v) is 4.86. The van der Waals surface area contributed by atoms with Gasteiger partial charge in [0.1, 0.15) is 0 Å². The average Bonchev–Trinajstić information content (AvgIpc) is 3.04. The number of hydrogen-bond donors (Lipinski definition) is 1. The normalized spacial score (nSPS) is 10.3. The smallest absolute Gasteiger partial charge is 0.255 e. The highest BCUT2D eigenvalue weighted by atomic mass is 35.5. The first kappa shape index (κ1) is 13.4. The molecule has 4 nitrogen and oxygen atoms in total. The Hall–Kier alpha value is -2.59. The van der Waals surface area contributed by atoms with Gasteiger partial charge >= 0.3 is 0 Å². The van der Waals surface area contributed by atoms with E-state index in [9.17, 15) is 4.79 Å². The Labute approximate surface area is 127 Å². The molecule has 0 fully saturated rings. The van der Waals surface area contributed by atoms with E-state index >= 15 is 0 Å². The lowest BCUT2D eigenvalue weighted by Gasteiger charge is -2.08. The van der Waals surface area contributed by atoms with E-state index in [1.165, 1.54) is 0 Å². The third-order valence-corrected chi connectivity index (χ3v) is 3.38. The van der Waals surface area contributed by atoms with Crippen molar-refractivity contribution in [2.45, 2.75) is 0 Å². The molecule has 0 atom stereocenters. The molecular weight excluding hydrogens is 286 g/mol. The van der Waals surface area contributed by atoms with Crippen LogP contribution in [0.15, 0.2) is 67.3 Å². The molecule has 0 spiro atoms. The number of aromatic nitrogens is 2. The van der Waals surface area contributed by atoms with Crippen LogP contribution in [0.5, 0.6) is 0 Å². The molecular formula is C16H12ClN3O. The molecule has 2 aromatic carbocycles. The second-order valence-electron chi connectivity index (χ2n) is 4.45. The number of anilines is 1. The van der Waals surface area contributed by atoms with Crippen LogP contribution in [0.3, 0.4) is 0 Å². The van der Waals surface area contributed by atoms with Crippen molar-refractivity contribution in [2.24, 2.45) is 0 Å². The Morgan fingerprint density at radius 1 is 1.10 bits per heavy atom. The van der Waals surface area contributed by atoms with Crippen LogP contribution in [0.1, 0.15) is 10.4 Å². The van der Waals surface area contributed by atoms with Gasteiger partial charge in [0.15, 0.2) is 0 Å². The van der Waals surface area contributed by atoms with Crippen molar-refractivity contribution in [3.63, 3.8) is 0 Å². The minimum Gasteiger partial charge on any atom is -0.321 e. The zero-order valence-electron chi connectivity index (χ0n) is 11.0. The average molecular weight is 298 g/mol. The predicted molar refractivity (Wildman–Crippen MR) is 83.0 cm³/mol. The van der Waals surface area contributed by atoms with Crippen LogP contribution in [0.4, 0.5) is 5.69 Å². The topological polar surface area (TPSA) is 46.9 Å². The number of imidazole rings is 1. The number of carbonyl (C=O) groups excluding carboxylic acids is 1. The first-order valence-corrected chi connectivity index (χ1v) is 6.76. The van der Waals surface area contributed by atoms with Gasteiger partial charge in [-0.15, -0.1) is 0 Å². The monoisotopic (exact) mass is 297 g/mol. The molecule has 0 unspecified atom stereocenters. The fourth-order valence-electron chi connectivity index (χ4n) is 1.95. The summed E-state index contributed by atoms with van der Waals surface area (Å²) in [6.07, 6.45) is 5.26. The number of hydrogen-bond acceptors (Lipinski definition) is 2. The maximum atomic E-state index is 12.2. The summed E-state index contributed by atoms with van der Waals surface area (Å²) >= 11 is 6.02. The summed E-state index contributed by atoms with van der Waals surface area (Å²) in [5, 5.41) is 3.31. The van der Waals surface area contributed by atoms with Gasteiger partial charge in [-0.1, -0.05) is 23.7 Å². The second kappa shape index (κ2) is 5.81. The van der Waals surface area contributed by atoms with Crippen molar-refractivity contribution < 1.29 is 4.79 Å². The van der Waals surface area contributed by atoms with Gasteiger partial charge in [0.05, 0.1) is 17.0 Å². The molecule has 21 heavy (non-hydrogen) atoms. The van der Waals surface area contributed by atoms with E-state index in [2.05, 4.69) is 10.3 Å². The lowest BCUT2D eigenvalue weighted by Crippen LogP contribution is -2.12. The summed E-state index contributed by atoms with van der Waals surface area (Å²) in [6.45, 7) is 0. The molecule has 5 heteroatoms. The molecule has 0 aliphatic heterocycles. The highest BCUT2D eigenvalue weighted by molar-refractivity contribution is 6.33. The summed E-state index contributed by atoms with van der Waals surface area (Å²) in [7, 11) is 0. The van der Waals surface area contributed by atoms with Crippen LogP contribution in [0, 0.1) is 0 Å². The first-order chi connectivity index (χ1) is 10.2. The zero-order chi connectivity index (χ0) is 14.7. The van der Waals surface area contributed by atoms with E-state index in [0.29, 0.717) is 16.3 Å². The van der Waals surface area contributed by atoms with Gasteiger partial charge in [0.25, 0.3) is 5.91 Å². The Kier molecular flexibility index (Phi) is 3.71. The van der Waals surface area contributed by atoms with Crippen molar-refractivity contribution in [3.8, 4) is 5.69 Å². The standard InChI is InChI=1S/C16H12ClN3O/c17-14-3-1-2-4-15(14)19-16(21)12-5-7-13(8-6-12)20-10-9-18-11-20/h1-11H,(H,19,21). The van der Waals surface area contributed by atoms with Gasteiger partial charge in [-0.25, -0.2) is 4.98 Å². The number of carbonyl (C=O) groups is 1. The zero-order valence-corrected chi connectivity index (χ0v) is 11.8. The minimum absolute atomic E-state index is 0.194. The molecule has 0 saturated heterocycles. The van der Waals surface area contributed by atoms with Crippen LogP contribution in [0.2, 0.25) is 5.02 Å². The van der Waals surface area contributed by atoms with Crippen LogP contribution in [0.25, 0.3) is 5.69 Å². The van der Waals surface area contributed by atoms with Crippen molar-refractivity contribution in [1.82, 2.24) is 9.55 Å². The molecule has 1 aromatic heterocycles. The molecule has 3 aromatic rings. The molecule has 104 valence electrons. The Balaban J connectivity index is 1.78. The van der Waals surface area contributed by atoms with E-state index in [4.69, 9.17) is 11.6 Å². The van der Waals surface area contributed by atoms with Crippen LogP contribution in [-0.4, -0.2) is 15.5 Å². The van der Waals surface area contributed by atoms with Gasteiger partial charge in [-0.2, -0.15) is 0 Å². The molecule has 3 rings (SSSR count). The van der Waals surface area contributed by atoms with Gasteiger partial charge in [-0.3, -0.25) is 4.79 Å². The first-order valence-electron chi connectivity index (χ1n) is 6.38. The van der Waals surface area contributed by atoms with Crippen molar-refractivity contribution in [3.05, 3.63) is 77.8 Å². The van der Waals surface area contributed by atoms with Crippen molar-refractivity contribution >= 4 is 23.2 Å². The van der Waals surface area contributed by atoms with Gasteiger partial charge in [0, 0.05) is 23.6 Å². The van der Waals surface area contributed by atoms with E-state index in [0.717, 1.165) is 5.69 Å². The Morgan fingerprint density at radius 3 is 2.52 bits per heavy atom. The number of para-hydroxylation sites is 1.